The molecule has 0 atom stereocenters. The predicted molar refractivity (Wildman–Crippen MR) is 110 cm³/mol. The van der Waals surface area contributed by atoms with Crippen molar-refractivity contribution in [2.45, 2.75) is 11.8 Å². The lowest BCUT2D eigenvalue weighted by Gasteiger charge is -2.20. The first-order chi connectivity index (χ1) is 13.5. The van der Waals surface area contributed by atoms with Crippen LogP contribution in [0.5, 0.6) is 0 Å². The Morgan fingerprint density at radius 2 is 1.32 bits per heavy atom. The van der Waals surface area contributed by atoms with Crippen LogP contribution in [-0.4, -0.2) is 21.4 Å². The Bertz CT molecular complexity index is 979. The normalized spacial score (nSPS) is 11.4. The van der Waals surface area contributed by atoms with Gasteiger partial charge in [0.05, 0.1) is 11.8 Å². The maximum absolute atomic E-state index is 12.8. The molecule has 144 valence electrons. The van der Waals surface area contributed by atoms with Gasteiger partial charge < -0.3 is 5.32 Å². The van der Waals surface area contributed by atoms with Gasteiger partial charge in [-0.1, -0.05) is 72.8 Å². The third-order valence-corrected chi connectivity index (χ3v) is 5.67. The smallest absolute Gasteiger partial charge is 0.251 e. The van der Waals surface area contributed by atoms with Gasteiger partial charge in [-0.05, 0) is 28.8 Å². The number of amides is 1. The Morgan fingerprint density at radius 1 is 0.821 bits per heavy atom. The van der Waals surface area contributed by atoms with Crippen LogP contribution in [0.2, 0.25) is 0 Å². The van der Waals surface area contributed by atoms with Crippen molar-refractivity contribution in [3.05, 3.63) is 107 Å². The summed E-state index contributed by atoms with van der Waals surface area (Å²) >= 11 is 0. The molecule has 0 aliphatic heterocycles. The quantitative estimate of drug-likeness (QED) is 0.646. The van der Waals surface area contributed by atoms with Crippen molar-refractivity contribution in [3.8, 4) is 0 Å². The third kappa shape index (κ3) is 5.06. The summed E-state index contributed by atoms with van der Waals surface area (Å²) in [5.74, 6) is -0.377. The van der Waals surface area contributed by atoms with E-state index in [1.54, 1.807) is 31.3 Å². The Morgan fingerprint density at radius 3 is 1.79 bits per heavy atom. The molecule has 2 N–H and O–H groups in total. The molecule has 0 radical (unpaired) electrons. The van der Waals surface area contributed by atoms with Crippen molar-refractivity contribution in [2.24, 2.45) is 0 Å². The first kappa shape index (κ1) is 19.8. The molecule has 0 unspecified atom stereocenters. The largest absolute Gasteiger partial charge is 0.355 e. The predicted octanol–water partition coefficient (Wildman–Crippen LogP) is 3.26. The molecule has 0 spiro atoms. The van der Waals surface area contributed by atoms with E-state index >= 15 is 0 Å². The lowest BCUT2D eigenvalue weighted by molar-refractivity contribution is 0.0963. The molecule has 5 nitrogen and oxygen atoms in total. The Kier molecular flexibility index (Phi) is 6.23. The van der Waals surface area contributed by atoms with E-state index in [9.17, 15) is 13.2 Å². The summed E-state index contributed by atoms with van der Waals surface area (Å²) in [4.78, 5) is 11.6. The highest BCUT2D eigenvalue weighted by atomic mass is 32.2. The fourth-order valence-corrected chi connectivity index (χ4v) is 4.30. The molecule has 28 heavy (non-hydrogen) atoms. The summed E-state index contributed by atoms with van der Waals surface area (Å²) in [6.07, 6.45) is 0. The van der Waals surface area contributed by atoms with Crippen LogP contribution in [0, 0.1) is 0 Å². The van der Waals surface area contributed by atoms with Gasteiger partial charge >= 0.3 is 0 Å². The van der Waals surface area contributed by atoms with Gasteiger partial charge in [0.1, 0.15) is 0 Å². The van der Waals surface area contributed by atoms with Crippen molar-refractivity contribution in [2.75, 3.05) is 7.05 Å². The van der Waals surface area contributed by atoms with Crippen molar-refractivity contribution in [1.29, 1.82) is 0 Å². The molecule has 1 amide bonds. The standard InChI is InChI=1S/C22H22N2O3S/c1-23-22(25)20-14-12-17(13-15-20)16-28(26,27)24-21(18-8-4-2-5-9-18)19-10-6-3-7-11-19/h2-15,21,24H,16H2,1H3,(H,23,25). The second kappa shape index (κ2) is 8.82. The summed E-state index contributed by atoms with van der Waals surface area (Å²) in [5.41, 5.74) is 2.84. The summed E-state index contributed by atoms with van der Waals surface area (Å²) in [7, 11) is -2.07. The zero-order valence-electron chi connectivity index (χ0n) is 15.5. The minimum Gasteiger partial charge on any atom is -0.355 e. The zero-order chi connectivity index (χ0) is 20.0. The molecule has 3 aromatic carbocycles. The van der Waals surface area contributed by atoms with Crippen molar-refractivity contribution in [3.63, 3.8) is 0 Å². The van der Waals surface area contributed by atoms with Gasteiger partial charge in [-0.3, -0.25) is 4.79 Å². The maximum atomic E-state index is 12.8. The average Bonchev–Trinajstić information content (AvgIpc) is 2.73. The van der Waals surface area contributed by atoms with Gasteiger partial charge in [0.15, 0.2) is 0 Å². The van der Waals surface area contributed by atoms with Crippen molar-refractivity contribution in [1.82, 2.24) is 10.0 Å². The average molecular weight is 394 g/mol. The molecule has 0 fully saturated rings. The van der Waals surface area contributed by atoms with Crippen molar-refractivity contribution < 1.29 is 13.2 Å². The summed E-state index contributed by atoms with van der Waals surface area (Å²) in [5, 5.41) is 2.54. The number of benzene rings is 3. The molecule has 0 aliphatic rings. The molecular formula is C22H22N2O3S. The van der Waals surface area contributed by atoms with E-state index in [1.807, 2.05) is 60.7 Å². The molecule has 0 heterocycles. The van der Waals surface area contributed by atoms with Crippen LogP contribution < -0.4 is 10.0 Å². The third-order valence-electron chi connectivity index (χ3n) is 4.36. The molecule has 3 aromatic rings. The summed E-state index contributed by atoms with van der Waals surface area (Å²) in [6.45, 7) is 0. The number of rotatable bonds is 7. The van der Waals surface area contributed by atoms with Gasteiger partial charge in [-0.25, -0.2) is 13.1 Å². The van der Waals surface area contributed by atoms with E-state index < -0.39 is 16.1 Å². The van der Waals surface area contributed by atoms with Crippen LogP contribution in [0.1, 0.15) is 33.1 Å². The second-order valence-electron chi connectivity index (χ2n) is 6.41. The van der Waals surface area contributed by atoms with Gasteiger partial charge in [-0.2, -0.15) is 0 Å². The Labute approximate surface area is 165 Å². The fourth-order valence-electron chi connectivity index (χ4n) is 2.96. The zero-order valence-corrected chi connectivity index (χ0v) is 16.3. The van der Waals surface area contributed by atoms with E-state index in [4.69, 9.17) is 0 Å². The lowest BCUT2D eigenvalue weighted by Crippen LogP contribution is -2.30. The lowest BCUT2D eigenvalue weighted by atomic mass is 10.00. The van der Waals surface area contributed by atoms with Crippen LogP contribution in [0.4, 0.5) is 0 Å². The highest BCUT2D eigenvalue weighted by molar-refractivity contribution is 7.88. The number of hydrogen-bond donors (Lipinski definition) is 2. The van der Waals surface area contributed by atoms with Gasteiger partial charge in [0, 0.05) is 12.6 Å². The fraction of sp³-hybridized carbons (Fsp3) is 0.136. The molecule has 6 heteroatoms. The van der Waals surface area contributed by atoms with E-state index in [2.05, 4.69) is 10.0 Å². The first-order valence-corrected chi connectivity index (χ1v) is 10.5. The van der Waals surface area contributed by atoms with Gasteiger partial charge in [0.2, 0.25) is 10.0 Å². The van der Waals surface area contributed by atoms with Gasteiger partial charge in [-0.15, -0.1) is 0 Å². The van der Waals surface area contributed by atoms with Gasteiger partial charge in [0.25, 0.3) is 5.91 Å². The van der Waals surface area contributed by atoms with Crippen LogP contribution in [0.15, 0.2) is 84.9 Å². The minimum absolute atomic E-state index is 0.169. The number of nitrogens with one attached hydrogen (secondary N) is 2. The Balaban J connectivity index is 1.82. The summed E-state index contributed by atoms with van der Waals surface area (Å²) < 4.78 is 28.5. The molecular weight excluding hydrogens is 372 g/mol. The van der Waals surface area contributed by atoms with E-state index in [1.165, 1.54) is 0 Å². The van der Waals surface area contributed by atoms with Crippen molar-refractivity contribution >= 4 is 15.9 Å². The van der Waals surface area contributed by atoms with Crippen LogP contribution in [-0.2, 0) is 15.8 Å². The van der Waals surface area contributed by atoms with Crippen LogP contribution >= 0.6 is 0 Å². The number of carbonyl (C=O) groups excluding carboxylic acids is 1. The second-order valence-corrected chi connectivity index (χ2v) is 8.16. The van der Waals surface area contributed by atoms with E-state index in [-0.39, 0.29) is 11.7 Å². The Hall–Kier alpha value is -2.96. The highest BCUT2D eigenvalue weighted by Gasteiger charge is 2.21. The molecule has 3 rings (SSSR count). The summed E-state index contributed by atoms with van der Waals surface area (Å²) in [6, 6.07) is 25.0. The maximum Gasteiger partial charge on any atom is 0.251 e. The number of sulfonamides is 1. The molecule has 0 saturated carbocycles. The monoisotopic (exact) mass is 394 g/mol. The van der Waals surface area contributed by atoms with E-state index in [0.29, 0.717) is 11.1 Å². The number of hydrogen-bond acceptors (Lipinski definition) is 3. The SMILES string of the molecule is CNC(=O)c1ccc(CS(=O)(=O)NC(c2ccccc2)c2ccccc2)cc1. The molecule has 0 bridgehead atoms. The molecule has 0 aromatic heterocycles. The van der Waals surface area contributed by atoms with Crippen LogP contribution in [0.25, 0.3) is 0 Å². The van der Waals surface area contributed by atoms with Crippen LogP contribution in [0.3, 0.4) is 0 Å². The number of carbonyl (C=O) groups is 1. The molecule has 0 saturated heterocycles. The molecule has 0 aliphatic carbocycles. The topological polar surface area (TPSA) is 75.3 Å². The highest BCUT2D eigenvalue weighted by Crippen LogP contribution is 2.23. The first-order valence-electron chi connectivity index (χ1n) is 8.89. The minimum atomic E-state index is -3.62. The van der Waals surface area contributed by atoms with E-state index in [0.717, 1.165) is 11.1 Å².